The molecule has 1 aliphatic rings. The summed E-state index contributed by atoms with van der Waals surface area (Å²) in [6.07, 6.45) is 1.98. The van der Waals surface area contributed by atoms with Crippen molar-refractivity contribution in [1.82, 2.24) is 4.98 Å². The van der Waals surface area contributed by atoms with E-state index in [1.165, 1.54) is 0 Å². The molecule has 2 N–H and O–H groups in total. The Hall–Kier alpha value is -0.930. The molecule has 3 heteroatoms. The summed E-state index contributed by atoms with van der Waals surface area (Å²) in [5.74, 6) is 0. The minimum absolute atomic E-state index is 0.371. The monoisotopic (exact) mass is 192 g/mol. The van der Waals surface area contributed by atoms with Gasteiger partial charge in [0.05, 0.1) is 17.8 Å². The third kappa shape index (κ3) is 1.79. The maximum absolute atomic E-state index is 6.26. The van der Waals surface area contributed by atoms with Crippen molar-refractivity contribution in [1.29, 1.82) is 0 Å². The summed E-state index contributed by atoms with van der Waals surface area (Å²) in [6.45, 7) is 3.39. The van der Waals surface area contributed by atoms with E-state index in [0.29, 0.717) is 6.61 Å². The zero-order valence-corrected chi connectivity index (χ0v) is 8.49. The van der Waals surface area contributed by atoms with E-state index in [2.05, 4.69) is 4.98 Å². The van der Waals surface area contributed by atoms with Crippen LogP contribution >= 0.6 is 0 Å². The maximum atomic E-state index is 6.26. The number of aromatic nitrogens is 1. The van der Waals surface area contributed by atoms with Gasteiger partial charge in [-0.15, -0.1) is 0 Å². The Labute approximate surface area is 84.3 Å². The number of ether oxygens (including phenoxy) is 1. The summed E-state index contributed by atoms with van der Waals surface area (Å²) in [4.78, 5) is 4.46. The Morgan fingerprint density at radius 2 is 2.36 bits per heavy atom. The van der Waals surface area contributed by atoms with Crippen molar-refractivity contribution in [3.8, 4) is 0 Å². The first-order chi connectivity index (χ1) is 6.71. The van der Waals surface area contributed by atoms with Gasteiger partial charge in [-0.2, -0.15) is 0 Å². The summed E-state index contributed by atoms with van der Waals surface area (Å²) < 4.78 is 5.41. The van der Waals surface area contributed by atoms with Crippen LogP contribution in [0.1, 0.15) is 24.2 Å². The van der Waals surface area contributed by atoms with Gasteiger partial charge in [-0.05, 0) is 31.9 Å². The highest BCUT2D eigenvalue weighted by atomic mass is 16.5. The normalized spacial score (nSPS) is 27.6. The minimum Gasteiger partial charge on any atom is -0.379 e. The lowest BCUT2D eigenvalue weighted by atomic mass is 9.89. The first kappa shape index (κ1) is 9.62. The van der Waals surface area contributed by atoms with Crippen molar-refractivity contribution in [3.05, 3.63) is 29.6 Å². The SMILES string of the molecule is Cc1cccc(C2(N)CCCOC2)n1. The molecule has 1 saturated heterocycles. The largest absolute Gasteiger partial charge is 0.379 e. The minimum atomic E-state index is -0.371. The van der Waals surface area contributed by atoms with E-state index >= 15 is 0 Å². The van der Waals surface area contributed by atoms with Gasteiger partial charge in [0.25, 0.3) is 0 Å². The Bertz CT molecular complexity index is 319. The van der Waals surface area contributed by atoms with E-state index in [0.717, 1.165) is 30.8 Å². The van der Waals surface area contributed by atoms with Gasteiger partial charge < -0.3 is 10.5 Å². The van der Waals surface area contributed by atoms with Gasteiger partial charge in [0.15, 0.2) is 0 Å². The molecule has 0 aliphatic carbocycles. The van der Waals surface area contributed by atoms with Crippen LogP contribution in [-0.2, 0) is 10.3 Å². The zero-order valence-electron chi connectivity index (χ0n) is 8.49. The fraction of sp³-hybridized carbons (Fsp3) is 0.545. The fourth-order valence-electron chi connectivity index (χ4n) is 1.84. The van der Waals surface area contributed by atoms with Crippen molar-refractivity contribution < 1.29 is 4.74 Å². The molecule has 0 spiro atoms. The fourth-order valence-corrected chi connectivity index (χ4v) is 1.84. The van der Waals surface area contributed by atoms with E-state index in [4.69, 9.17) is 10.5 Å². The second-order valence-corrected chi connectivity index (χ2v) is 3.98. The van der Waals surface area contributed by atoms with Gasteiger partial charge in [0, 0.05) is 12.3 Å². The molecule has 2 heterocycles. The lowest BCUT2D eigenvalue weighted by Crippen LogP contribution is -2.45. The maximum Gasteiger partial charge on any atom is 0.0821 e. The first-order valence-electron chi connectivity index (χ1n) is 5.01. The number of pyridine rings is 1. The molecule has 1 atom stereocenters. The van der Waals surface area contributed by atoms with E-state index in [1.54, 1.807) is 0 Å². The molecule has 1 aliphatic heterocycles. The Kier molecular flexibility index (Phi) is 2.52. The molecule has 3 nitrogen and oxygen atoms in total. The molecule has 1 fully saturated rings. The van der Waals surface area contributed by atoms with Gasteiger partial charge in [-0.25, -0.2) is 0 Å². The van der Waals surface area contributed by atoms with Crippen LogP contribution in [0, 0.1) is 6.92 Å². The van der Waals surface area contributed by atoms with Gasteiger partial charge in [0.2, 0.25) is 0 Å². The van der Waals surface area contributed by atoms with Crippen molar-refractivity contribution in [2.75, 3.05) is 13.2 Å². The second-order valence-electron chi connectivity index (χ2n) is 3.98. The molecule has 2 rings (SSSR count). The van der Waals surface area contributed by atoms with Crippen LogP contribution < -0.4 is 5.73 Å². The van der Waals surface area contributed by atoms with Crippen LogP contribution in [0.5, 0.6) is 0 Å². The third-order valence-corrected chi connectivity index (χ3v) is 2.67. The third-order valence-electron chi connectivity index (χ3n) is 2.67. The summed E-state index contributed by atoms with van der Waals surface area (Å²) in [5, 5.41) is 0. The Balaban J connectivity index is 2.28. The summed E-state index contributed by atoms with van der Waals surface area (Å²) >= 11 is 0. The number of nitrogens with two attached hydrogens (primary N) is 1. The van der Waals surface area contributed by atoms with Crippen LogP contribution in [0.3, 0.4) is 0 Å². The average Bonchev–Trinajstić information content (AvgIpc) is 2.19. The number of nitrogens with zero attached hydrogens (tertiary/aromatic N) is 1. The topological polar surface area (TPSA) is 48.1 Å². The number of rotatable bonds is 1. The van der Waals surface area contributed by atoms with Crippen LogP contribution in [-0.4, -0.2) is 18.2 Å². The van der Waals surface area contributed by atoms with Crippen LogP contribution in [0.4, 0.5) is 0 Å². The van der Waals surface area contributed by atoms with Crippen molar-refractivity contribution >= 4 is 0 Å². The molecule has 1 aromatic heterocycles. The molecule has 1 aromatic rings. The molecule has 14 heavy (non-hydrogen) atoms. The van der Waals surface area contributed by atoms with E-state index in [1.807, 2.05) is 25.1 Å². The number of hydrogen-bond donors (Lipinski definition) is 1. The van der Waals surface area contributed by atoms with Crippen LogP contribution in [0.25, 0.3) is 0 Å². The predicted molar refractivity (Wildman–Crippen MR) is 54.9 cm³/mol. The molecule has 0 saturated carbocycles. The molecule has 0 amide bonds. The summed E-state index contributed by atoms with van der Waals surface area (Å²) in [6, 6.07) is 5.97. The molecule has 1 unspecified atom stereocenters. The second kappa shape index (κ2) is 3.67. The van der Waals surface area contributed by atoms with Gasteiger partial charge >= 0.3 is 0 Å². The molecular formula is C11H16N2O. The summed E-state index contributed by atoms with van der Waals surface area (Å²) in [7, 11) is 0. The van der Waals surface area contributed by atoms with Gasteiger partial charge in [-0.1, -0.05) is 6.07 Å². The van der Waals surface area contributed by atoms with Crippen molar-refractivity contribution in [2.45, 2.75) is 25.3 Å². The highest BCUT2D eigenvalue weighted by molar-refractivity contribution is 5.18. The number of aryl methyl sites for hydroxylation is 1. The lowest BCUT2D eigenvalue weighted by Gasteiger charge is -2.32. The Morgan fingerprint density at radius 3 is 3.00 bits per heavy atom. The molecule has 0 aromatic carbocycles. The van der Waals surface area contributed by atoms with Gasteiger partial charge in [0.1, 0.15) is 0 Å². The van der Waals surface area contributed by atoms with E-state index < -0.39 is 0 Å². The zero-order chi connectivity index (χ0) is 10.0. The van der Waals surface area contributed by atoms with Gasteiger partial charge in [-0.3, -0.25) is 4.98 Å². The molecular weight excluding hydrogens is 176 g/mol. The smallest absolute Gasteiger partial charge is 0.0821 e. The molecule has 76 valence electrons. The highest BCUT2D eigenvalue weighted by Gasteiger charge is 2.31. The Morgan fingerprint density at radius 1 is 1.50 bits per heavy atom. The molecule has 0 bridgehead atoms. The highest BCUT2D eigenvalue weighted by Crippen LogP contribution is 2.26. The number of hydrogen-bond acceptors (Lipinski definition) is 3. The quantitative estimate of drug-likeness (QED) is 0.730. The lowest BCUT2D eigenvalue weighted by molar-refractivity contribution is 0.0348. The first-order valence-corrected chi connectivity index (χ1v) is 5.01. The standard InChI is InChI=1S/C11H16N2O/c1-9-4-2-5-10(13-9)11(12)6-3-7-14-8-11/h2,4-5H,3,6-8,12H2,1H3. The summed E-state index contributed by atoms with van der Waals surface area (Å²) in [5.41, 5.74) is 7.86. The molecule has 0 radical (unpaired) electrons. The van der Waals surface area contributed by atoms with Crippen LogP contribution in [0.15, 0.2) is 18.2 Å². The van der Waals surface area contributed by atoms with E-state index in [9.17, 15) is 0 Å². The van der Waals surface area contributed by atoms with Crippen LogP contribution in [0.2, 0.25) is 0 Å². The average molecular weight is 192 g/mol. The predicted octanol–water partition coefficient (Wildman–Crippen LogP) is 1.35. The van der Waals surface area contributed by atoms with Crippen molar-refractivity contribution in [2.24, 2.45) is 5.73 Å². The van der Waals surface area contributed by atoms with E-state index in [-0.39, 0.29) is 5.54 Å². The van der Waals surface area contributed by atoms with Crippen molar-refractivity contribution in [3.63, 3.8) is 0 Å².